The van der Waals surface area contributed by atoms with Gasteiger partial charge in [0.1, 0.15) is 5.82 Å². The first-order chi connectivity index (χ1) is 8.04. The van der Waals surface area contributed by atoms with Gasteiger partial charge in [-0.1, -0.05) is 13.8 Å². The van der Waals surface area contributed by atoms with Crippen molar-refractivity contribution in [3.63, 3.8) is 0 Å². The number of aliphatic hydroxyl groups is 1. The second-order valence-corrected chi connectivity index (χ2v) is 4.44. The van der Waals surface area contributed by atoms with E-state index in [-0.39, 0.29) is 30.3 Å². The van der Waals surface area contributed by atoms with Gasteiger partial charge in [-0.15, -0.1) is 5.10 Å². The lowest BCUT2D eigenvalue weighted by Crippen LogP contribution is -2.33. The SMILES string of the molecule is CC(CCCO)NC(=O)c1n[nH]c(C(C)C)n1. The van der Waals surface area contributed by atoms with Gasteiger partial charge in [0.05, 0.1) is 0 Å². The Kier molecular flexibility index (Phi) is 5.09. The van der Waals surface area contributed by atoms with E-state index in [9.17, 15) is 4.79 Å². The van der Waals surface area contributed by atoms with Crippen molar-refractivity contribution in [2.24, 2.45) is 0 Å². The van der Waals surface area contributed by atoms with E-state index in [1.807, 2.05) is 20.8 Å². The summed E-state index contributed by atoms with van der Waals surface area (Å²) in [6, 6.07) is 0.00986. The molecule has 0 radical (unpaired) electrons. The molecule has 1 rings (SSSR count). The first-order valence-electron chi connectivity index (χ1n) is 5.88. The summed E-state index contributed by atoms with van der Waals surface area (Å²) in [5.41, 5.74) is 0. The highest BCUT2D eigenvalue weighted by atomic mass is 16.3. The lowest BCUT2D eigenvalue weighted by molar-refractivity contribution is 0.0926. The molecule has 0 saturated heterocycles. The van der Waals surface area contributed by atoms with Crippen LogP contribution in [-0.4, -0.2) is 38.8 Å². The van der Waals surface area contributed by atoms with Crippen molar-refractivity contribution in [2.75, 3.05) is 6.61 Å². The van der Waals surface area contributed by atoms with Gasteiger partial charge >= 0.3 is 0 Å². The fourth-order valence-electron chi connectivity index (χ4n) is 1.39. The fourth-order valence-corrected chi connectivity index (χ4v) is 1.39. The first-order valence-corrected chi connectivity index (χ1v) is 5.88. The van der Waals surface area contributed by atoms with E-state index in [2.05, 4.69) is 20.5 Å². The van der Waals surface area contributed by atoms with Crippen LogP contribution in [0.1, 0.15) is 56.0 Å². The number of aliphatic hydroxyl groups excluding tert-OH is 1. The number of hydrogen-bond acceptors (Lipinski definition) is 4. The highest BCUT2D eigenvalue weighted by molar-refractivity contribution is 5.90. The molecule has 0 aliphatic carbocycles. The highest BCUT2D eigenvalue weighted by Gasteiger charge is 2.15. The zero-order chi connectivity index (χ0) is 12.8. The average molecular weight is 240 g/mol. The van der Waals surface area contributed by atoms with Gasteiger partial charge in [-0.25, -0.2) is 4.98 Å². The summed E-state index contributed by atoms with van der Waals surface area (Å²) in [7, 11) is 0. The van der Waals surface area contributed by atoms with Crippen LogP contribution in [0.15, 0.2) is 0 Å². The van der Waals surface area contributed by atoms with Crippen LogP contribution in [0.5, 0.6) is 0 Å². The van der Waals surface area contributed by atoms with Gasteiger partial charge in [0.15, 0.2) is 0 Å². The van der Waals surface area contributed by atoms with Crippen molar-refractivity contribution in [3.05, 3.63) is 11.6 Å². The Bertz CT molecular complexity index is 362. The molecule has 96 valence electrons. The van der Waals surface area contributed by atoms with Crippen molar-refractivity contribution in [2.45, 2.75) is 45.6 Å². The quantitative estimate of drug-likeness (QED) is 0.686. The molecule has 1 amide bonds. The summed E-state index contributed by atoms with van der Waals surface area (Å²) < 4.78 is 0. The van der Waals surface area contributed by atoms with E-state index in [0.29, 0.717) is 12.2 Å². The normalized spacial score (nSPS) is 12.8. The van der Waals surface area contributed by atoms with Crippen LogP contribution in [0, 0.1) is 0 Å². The molecular weight excluding hydrogens is 220 g/mol. The molecule has 0 aliphatic heterocycles. The van der Waals surface area contributed by atoms with Crippen molar-refractivity contribution in [1.82, 2.24) is 20.5 Å². The van der Waals surface area contributed by atoms with Gasteiger partial charge in [0.2, 0.25) is 5.82 Å². The molecule has 0 fully saturated rings. The number of amides is 1. The maximum absolute atomic E-state index is 11.7. The number of nitrogens with one attached hydrogen (secondary N) is 2. The second kappa shape index (κ2) is 6.34. The van der Waals surface area contributed by atoms with Crippen LogP contribution in [0.4, 0.5) is 0 Å². The smallest absolute Gasteiger partial charge is 0.291 e. The molecule has 0 aliphatic rings. The topological polar surface area (TPSA) is 90.9 Å². The van der Waals surface area contributed by atoms with Crippen LogP contribution in [0.2, 0.25) is 0 Å². The van der Waals surface area contributed by atoms with Crippen LogP contribution in [0.3, 0.4) is 0 Å². The van der Waals surface area contributed by atoms with Crippen molar-refractivity contribution in [3.8, 4) is 0 Å². The predicted molar refractivity (Wildman–Crippen MR) is 63.7 cm³/mol. The molecule has 0 spiro atoms. The molecule has 1 atom stereocenters. The van der Waals surface area contributed by atoms with Gasteiger partial charge in [-0.3, -0.25) is 9.89 Å². The van der Waals surface area contributed by atoms with Gasteiger partial charge in [-0.2, -0.15) is 0 Å². The number of aromatic nitrogens is 3. The third-order valence-electron chi connectivity index (χ3n) is 2.43. The van der Waals surface area contributed by atoms with Crippen LogP contribution in [0.25, 0.3) is 0 Å². The number of nitrogens with zero attached hydrogens (tertiary/aromatic N) is 2. The minimum Gasteiger partial charge on any atom is -0.396 e. The van der Waals surface area contributed by atoms with Gasteiger partial charge < -0.3 is 10.4 Å². The number of carbonyl (C=O) groups excluding carboxylic acids is 1. The maximum Gasteiger partial charge on any atom is 0.291 e. The summed E-state index contributed by atoms with van der Waals surface area (Å²) in [5, 5.41) is 18.1. The number of hydrogen-bond donors (Lipinski definition) is 3. The third kappa shape index (κ3) is 4.14. The van der Waals surface area contributed by atoms with Crippen LogP contribution >= 0.6 is 0 Å². The minimum absolute atomic E-state index is 0.00986. The van der Waals surface area contributed by atoms with Crippen molar-refractivity contribution < 1.29 is 9.90 Å². The highest BCUT2D eigenvalue weighted by Crippen LogP contribution is 2.07. The Morgan fingerprint density at radius 3 is 2.71 bits per heavy atom. The van der Waals surface area contributed by atoms with E-state index >= 15 is 0 Å². The number of carbonyl (C=O) groups is 1. The standard InChI is InChI=1S/C11H20N4O2/c1-7(2)9-13-10(15-14-9)11(17)12-8(3)5-4-6-16/h7-8,16H,4-6H2,1-3H3,(H,12,17)(H,13,14,15). The molecule has 0 aromatic carbocycles. The Hall–Kier alpha value is -1.43. The lowest BCUT2D eigenvalue weighted by Gasteiger charge is -2.11. The van der Waals surface area contributed by atoms with Crippen LogP contribution < -0.4 is 5.32 Å². The lowest BCUT2D eigenvalue weighted by atomic mass is 10.2. The Labute approximate surface area is 101 Å². The number of rotatable bonds is 6. The molecule has 1 aromatic rings. The Morgan fingerprint density at radius 2 is 2.18 bits per heavy atom. The fraction of sp³-hybridized carbons (Fsp3) is 0.727. The third-order valence-corrected chi connectivity index (χ3v) is 2.43. The molecule has 0 saturated carbocycles. The second-order valence-electron chi connectivity index (χ2n) is 4.44. The molecular formula is C11H20N4O2. The number of H-pyrrole nitrogens is 1. The summed E-state index contributed by atoms with van der Waals surface area (Å²) >= 11 is 0. The van der Waals surface area contributed by atoms with Crippen molar-refractivity contribution in [1.29, 1.82) is 0 Å². The minimum atomic E-state index is -0.279. The largest absolute Gasteiger partial charge is 0.396 e. The summed E-state index contributed by atoms with van der Waals surface area (Å²) in [4.78, 5) is 15.9. The van der Waals surface area contributed by atoms with Crippen molar-refractivity contribution >= 4 is 5.91 Å². The first kappa shape index (κ1) is 13.6. The molecule has 1 unspecified atom stereocenters. The zero-order valence-corrected chi connectivity index (χ0v) is 10.5. The monoisotopic (exact) mass is 240 g/mol. The molecule has 0 bridgehead atoms. The maximum atomic E-state index is 11.7. The zero-order valence-electron chi connectivity index (χ0n) is 10.5. The Balaban J connectivity index is 2.51. The molecule has 1 heterocycles. The van der Waals surface area contributed by atoms with Crippen LogP contribution in [-0.2, 0) is 0 Å². The van der Waals surface area contributed by atoms with E-state index in [1.165, 1.54) is 0 Å². The number of aromatic amines is 1. The average Bonchev–Trinajstić information content (AvgIpc) is 2.75. The van der Waals surface area contributed by atoms with E-state index in [1.54, 1.807) is 0 Å². The summed E-state index contributed by atoms with van der Waals surface area (Å²) in [5.74, 6) is 0.817. The summed E-state index contributed by atoms with van der Waals surface area (Å²) in [6.07, 6.45) is 1.41. The molecule has 3 N–H and O–H groups in total. The summed E-state index contributed by atoms with van der Waals surface area (Å²) in [6.45, 7) is 5.99. The predicted octanol–water partition coefficient (Wildman–Crippen LogP) is 0.819. The molecule has 17 heavy (non-hydrogen) atoms. The van der Waals surface area contributed by atoms with E-state index < -0.39 is 0 Å². The Morgan fingerprint density at radius 1 is 1.47 bits per heavy atom. The van der Waals surface area contributed by atoms with Gasteiger partial charge in [0.25, 0.3) is 5.91 Å². The van der Waals surface area contributed by atoms with Gasteiger partial charge in [0, 0.05) is 18.6 Å². The van der Waals surface area contributed by atoms with E-state index in [4.69, 9.17) is 5.11 Å². The molecule has 1 aromatic heterocycles. The molecule has 6 heteroatoms. The van der Waals surface area contributed by atoms with Gasteiger partial charge in [-0.05, 0) is 19.8 Å². The van der Waals surface area contributed by atoms with E-state index in [0.717, 1.165) is 6.42 Å². The molecule has 6 nitrogen and oxygen atoms in total.